The summed E-state index contributed by atoms with van der Waals surface area (Å²) in [5, 5.41) is 5.48. The molecule has 0 spiro atoms. The van der Waals surface area contributed by atoms with Crippen molar-refractivity contribution in [3.8, 4) is 11.3 Å². The maximum atomic E-state index is 14.0. The molecule has 166 valence electrons. The Balaban J connectivity index is 1.46. The molecule has 0 radical (unpaired) electrons. The van der Waals surface area contributed by atoms with Crippen LogP contribution >= 0.6 is 0 Å². The summed E-state index contributed by atoms with van der Waals surface area (Å²) in [6.45, 7) is 0. The van der Waals surface area contributed by atoms with E-state index in [0.29, 0.717) is 28.9 Å². The third kappa shape index (κ3) is 3.12. The third-order valence-electron chi connectivity index (χ3n) is 6.79. The minimum atomic E-state index is -0.620. The van der Waals surface area contributed by atoms with Crippen molar-refractivity contribution in [3.63, 3.8) is 0 Å². The lowest BCUT2D eigenvalue weighted by Crippen LogP contribution is -2.49. The number of carbonyl (C=O) groups excluding carboxylic acids is 1. The number of benzene rings is 1. The van der Waals surface area contributed by atoms with Gasteiger partial charge in [0.15, 0.2) is 5.65 Å². The van der Waals surface area contributed by atoms with Gasteiger partial charge in [-0.25, -0.2) is 18.7 Å². The summed E-state index contributed by atoms with van der Waals surface area (Å²) in [6.07, 6.45) is 6.54. The van der Waals surface area contributed by atoms with E-state index in [1.807, 2.05) is 11.0 Å². The Morgan fingerprint density at radius 2 is 1.85 bits per heavy atom. The minimum Gasteiger partial charge on any atom is -0.327 e. The van der Waals surface area contributed by atoms with E-state index in [4.69, 9.17) is 5.10 Å². The highest BCUT2D eigenvalue weighted by Gasteiger charge is 2.43. The van der Waals surface area contributed by atoms with E-state index in [1.54, 1.807) is 36.3 Å². The SMILES string of the molecule is Cn1nc2c(c1-c1cc(F)cc(F)c1)C[C@H]1CCC[C@@H]2N1C(=O)c1ccnc2ncccc12. The largest absolute Gasteiger partial charge is 0.327 e. The highest BCUT2D eigenvalue weighted by molar-refractivity contribution is 6.05. The van der Waals surface area contributed by atoms with Crippen molar-refractivity contribution in [1.29, 1.82) is 0 Å². The average molecular weight is 445 g/mol. The van der Waals surface area contributed by atoms with Crippen LogP contribution in [-0.2, 0) is 13.5 Å². The molecule has 4 aromatic rings. The van der Waals surface area contributed by atoms with E-state index in [-0.39, 0.29) is 18.0 Å². The molecule has 2 bridgehead atoms. The molecule has 1 amide bonds. The average Bonchev–Trinajstić information content (AvgIpc) is 3.13. The summed E-state index contributed by atoms with van der Waals surface area (Å²) in [6, 6.07) is 8.77. The fourth-order valence-corrected chi connectivity index (χ4v) is 5.51. The molecule has 2 aliphatic heterocycles. The van der Waals surface area contributed by atoms with Crippen LogP contribution in [0.15, 0.2) is 48.8 Å². The van der Waals surface area contributed by atoms with Crippen molar-refractivity contribution >= 4 is 16.9 Å². The molecule has 6 rings (SSSR count). The molecule has 2 atom stereocenters. The smallest absolute Gasteiger partial charge is 0.255 e. The van der Waals surface area contributed by atoms with E-state index in [2.05, 4.69) is 9.97 Å². The molecule has 8 heteroatoms. The van der Waals surface area contributed by atoms with Gasteiger partial charge in [0.2, 0.25) is 0 Å². The first-order chi connectivity index (χ1) is 16.0. The van der Waals surface area contributed by atoms with E-state index in [1.165, 1.54) is 12.1 Å². The predicted molar refractivity (Wildman–Crippen MR) is 118 cm³/mol. The lowest BCUT2D eigenvalue weighted by Gasteiger charge is -2.45. The summed E-state index contributed by atoms with van der Waals surface area (Å²) in [5.74, 6) is -1.29. The highest BCUT2D eigenvalue weighted by Crippen LogP contribution is 2.45. The van der Waals surface area contributed by atoms with Crippen LogP contribution in [-0.4, -0.2) is 36.6 Å². The normalized spacial score (nSPS) is 19.5. The molecule has 33 heavy (non-hydrogen) atoms. The number of amides is 1. The summed E-state index contributed by atoms with van der Waals surface area (Å²) in [7, 11) is 1.79. The molecule has 0 unspecified atom stereocenters. The third-order valence-corrected chi connectivity index (χ3v) is 6.79. The zero-order valence-corrected chi connectivity index (χ0v) is 18.0. The summed E-state index contributed by atoms with van der Waals surface area (Å²) >= 11 is 0. The van der Waals surface area contributed by atoms with Crippen LogP contribution in [0.1, 0.15) is 46.9 Å². The van der Waals surface area contributed by atoms with Crippen LogP contribution in [0.4, 0.5) is 8.78 Å². The van der Waals surface area contributed by atoms with Crippen molar-refractivity contribution in [2.75, 3.05) is 0 Å². The Morgan fingerprint density at radius 3 is 2.67 bits per heavy atom. The standard InChI is InChI=1S/C25H21F2N5O/c1-31-23(14-10-15(26)12-16(27)11-14)20-13-17-4-2-6-21(22(20)30-31)32(17)25(33)19-7-9-29-24-18(19)5-3-8-28-24/h3,5,7-12,17,21H,2,4,6,13H2,1H3/t17-,21+/m1/s1. The Morgan fingerprint density at radius 1 is 1.06 bits per heavy atom. The van der Waals surface area contributed by atoms with Crippen LogP contribution < -0.4 is 0 Å². The molecule has 0 N–H and O–H groups in total. The highest BCUT2D eigenvalue weighted by atomic mass is 19.1. The number of piperidine rings is 1. The monoisotopic (exact) mass is 445 g/mol. The van der Waals surface area contributed by atoms with Gasteiger partial charge < -0.3 is 4.90 Å². The molecule has 1 aromatic carbocycles. The number of hydrogen-bond acceptors (Lipinski definition) is 4. The fraction of sp³-hybridized carbons (Fsp3) is 0.280. The first kappa shape index (κ1) is 20.0. The molecule has 6 nitrogen and oxygen atoms in total. The maximum absolute atomic E-state index is 14.0. The number of halogens is 2. The zero-order valence-electron chi connectivity index (χ0n) is 18.0. The molecular formula is C25H21F2N5O. The van der Waals surface area contributed by atoms with Crippen molar-refractivity contribution < 1.29 is 13.6 Å². The number of hydrogen-bond donors (Lipinski definition) is 0. The lowest BCUT2D eigenvalue weighted by molar-refractivity contribution is 0.0394. The van der Waals surface area contributed by atoms with Crippen molar-refractivity contribution in [3.05, 3.63) is 77.2 Å². The topological polar surface area (TPSA) is 63.9 Å². The van der Waals surface area contributed by atoms with Gasteiger partial charge >= 0.3 is 0 Å². The molecule has 5 heterocycles. The van der Waals surface area contributed by atoms with Crippen LogP contribution in [0.5, 0.6) is 0 Å². The van der Waals surface area contributed by atoms with Gasteiger partial charge in [0.1, 0.15) is 11.6 Å². The van der Waals surface area contributed by atoms with Gasteiger partial charge in [-0.1, -0.05) is 0 Å². The number of nitrogens with zero attached hydrogens (tertiary/aromatic N) is 5. The van der Waals surface area contributed by atoms with E-state index in [9.17, 15) is 13.6 Å². The van der Waals surface area contributed by atoms with Crippen LogP contribution in [0.2, 0.25) is 0 Å². The molecular weight excluding hydrogens is 424 g/mol. The number of aryl methyl sites for hydroxylation is 1. The predicted octanol–water partition coefficient (Wildman–Crippen LogP) is 4.60. The van der Waals surface area contributed by atoms with Crippen LogP contribution in [0.25, 0.3) is 22.3 Å². The first-order valence-corrected chi connectivity index (χ1v) is 11.1. The summed E-state index contributed by atoms with van der Waals surface area (Å²) < 4.78 is 29.6. The summed E-state index contributed by atoms with van der Waals surface area (Å²) in [5.41, 5.74) is 4.09. The number of aromatic nitrogens is 4. The van der Waals surface area contributed by atoms with E-state index < -0.39 is 11.6 Å². The number of rotatable bonds is 2. The Kier molecular flexibility index (Phi) is 4.50. The van der Waals surface area contributed by atoms with Gasteiger partial charge in [-0.3, -0.25) is 9.48 Å². The van der Waals surface area contributed by atoms with Gasteiger partial charge in [-0.05, 0) is 56.0 Å². The number of carbonyl (C=O) groups is 1. The van der Waals surface area contributed by atoms with Crippen molar-refractivity contribution in [2.24, 2.45) is 7.05 Å². The number of fused-ring (bicyclic) bond motifs is 5. The summed E-state index contributed by atoms with van der Waals surface area (Å²) in [4.78, 5) is 24.3. The zero-order chi connectivity index (χ0) is 22.7. The quantitative estimate of drug-likeness (QED) is 0.452. The second-order valence-corrected chi connectivity index (χ2v) is 8.74. The van der Waals surface area contributed by atoms with Gasteiger partial charge in [-0.2, -0.15) is 5.10 Å². The Labute approximate surface area is 188 Å². The number of pyridine rings is 2. The van der Waals surface area contributed by atoms with Crippen molar-refractivity contribution in [2.45, 2.75) is 37.8 Å². The van der Waals surface area contributed by atoms with E-state index >= 15 is 0 Å². The molecule has 0 aliphatic carbocycles. The second-order valence-electron chi connectivity index (χ2n) is 8.74. The van der Waals surface area contributed by atoms with Crippen LogP contribution in [0, 0.1) is 11.6 Å². The lowest BCUT2D eigenvalue weighted by atomic mass is 9.81. The van der Waals surface area contributed by atoms with Crippen molar-refractivity contribution in [1.82, 2.24) is 24.6 Å². The maximum Gasteiger partial charge on any atom is 0.255 e. The van der Waals surface area contributed by atoms with Gasteiger partial charge in [0.05, 0.1) is 23.0 Å². The van der Waals surface area contributed by atoms with E-state index in [0.717, 1.165) is 42.0 Å². The van der Waals surface area contributed by atoms with Crippen LogP contribution in [0.3, 0.4) is 0 Å². The fourth-order valence-electron chi connectivity index (χ4n) is 5.51. The second kappa shape index (κ2) is 7.43. The van der Waals surface area contributed by atoms with Gasteiger partial charge in [0, 0.05) is 48.1 Å². The first-order valence-electron chi connectivity index (χ1n) is 11.1. The minimum absolute atomic E-state index is 0.00927. The molecule has 0 saturated carbocycles. The Bertz CT molecular complexity index is 1390. The Hall–Kier alpha value is -3.68. The molecule has 1 fully saturated rings. The molecule has 1 saturated heterocycles. The van der Waals surface area contributed by atoms with Gasteiger partial charge in [-0.15, -0.1) is 0 Å². The molecule has 3 aromatic heterocycles. The van der Waals surface area contributed by atoms with Gasteiger partial charge in [0.25, 0.3) is 5.91 Å². The molecule has 2 aliphatic rings.